The number of phenolic OH excluding ortho intramolecular Hbond substituents is 2. The number of carbonyl (C=O) groups excluding carboxylic acids is 1. The van der Waals surface area contributed by atoms with Gasteiger partial charge in [0.1, 0.15) is 83.3 Å². The molecule has 2 fully saturated rings. The van der Waals surface area contributed by atoms with E-state index in [9.17, 15) is 45.3 Å². The normalized spacial score (nSPS) is 32.3. The van der Waals surface area contributed by atoms with Gasteiger partial charge in [0.05, 0.1) is 6.10 Å². The highest BCUT2D eigenvalue weighted by atomic mass is 16.7. The molecule has 1 aromatic heterocycles. The van der Waals surface area contributed by atoms with E-state index in [1.165, 1.54) is 43.3 Å². The van der Waals surface area contributed by atoms with Crippen LogP contribution in [0, 0.1) is 0 Å². The van der Waals surface area contributed by atoms with Crippen molar-refractivity contribution in [1.82, 2.24) is 0 Å². The maximum atomic E-state index is 13.2. The molecule has 2 aliphatic heterocycles. The van der Waals surface area contributed by atoms with E-state index in [2.05, 4.69) is 0 Å². The maximum absolute atomic E-state index is 13.2. The molecule has 44 heavy (non-hydrogen) atoms. The number of aliphatic hydroxyl groups is 5. The summed E-state index contributed by atoms with van der Waals surface area (Å²) < 4.78 is 33.6. The highest BCUT2D eigenvalue weighted by Crippen LogP contribution is 2.35. The molecule has 0 amide bonds. The van der Waals surface area contributed by atoms with Crippen molar-refractivity contribution in [1.29, 1.82) is 0 Å². The van der Waals surface area contributed by atoms with E-state index in [0.29, 0.717) is 5.56 Å². The third kappa shape index (κ3) is 6.36. The summed E-state index contributed by atoms with van der Waals surface area (Å²) in [7, 11) is 0. The topological polar surface area (TPSA) is 235 Å². The lowest BCUT2D eigenvalue weighted by Crippen LogP contribution is -2.64. The minimum absolute atomic E-state index is 0.00600. The Morgan fingerprint density at radius 1 is 0.841 bits per heavy atom. The summed E-state index contributed by atoms with van der Waals surface area (Å²) in [5.74, 6) is -1.23. The zero-order valence-corrected chi connectivity index (χ0v) is 23.4. The smallest absolute Gasteiger partial charge is 0.302 e. The molecule has 238 valence electrons. The van der Waals surface area contributed by atoms with E-state index < -0.39 is 79.4 Å². The first-order valence-corrected chi connectivity index (χ1v) is 13.6. The Hall–Kier alpha value is -3.80. The Morgan fingerprint density at radius 2 is 1.52 bits per heavy atom. The Kier molecular flexibility index (Phi) is 9.10. The molecule has 0 aliphatic carbocycles. The standard InChI is InChI=1S/C29H32O15/c1-11-22(34)23(35)25(37)28(40-11)44-27-20(10-39-12(2)30)43-29(26(38)24(27)36)42-19-8-15(32)7-18-21(19)16(33)9-17(41-18)13-3-5-14(31)6-4-13/h3-9,11,20,22-29,31-32,34-38H,10H2,1-2H3/t11-,20-,22-,23+,24-,25+,26-,27-,28-,29-/m0/s1. The molecule has 7 N–H and O–H groups in total. The van der Waals surface area contributed by atoms with Crippen molar-refractivity contribution in [3.05, 3.63) is 52.7 Å². The van der Waals surface area contributed by atoms with Crippen molar-refractivity contribution in [2.24, 2.45) is 0 Å². The van der Waals surface area contributed by atoms with Crippen LogP contribution < -0.4 is 10.2 Å². The fourth-order valence-electron chi connectivity index (χ4n) is 5.01. The summed E-state index contributed by atoms with van der Waals surface area (Å²) in [6.07, 6.45) is -15.7. The summed E-state index contributed by atoms with van der Waals surface area (Å²) in [5, 5.41) is 72.3. The summed E-state index contributed by atoms with van der Waals surface area (Å²) in [6.45, 7) is 2.02. The molecule has 0 bridgehead atoms. The molecule has 5 rings (SSSR count). The summed E-state index contributed by atoms with van der Waals surface area (Å²) in [5.41, 5.74) is -0.215. The van der Waals surface area contributed by atoms with Crippen LogP contribution in [0.1, 0.15) is 13.8 Å². The molecule has 2 saturated heterocycles. The average Bonchev–Trinajstić information content (AvgIpc) is 2.97. The van der Waals surface area contributed by atoms with Gasteiger partial charge in [-0.25, -0.2) is 0 Å². The second kappa shape index (κ2) is 12.7. The number of carbonyl (C=O) groups is 1. The number of aliphatic hydroxyl groups excluding tert-OH is 5. The number of rotatable bonds is 7. The van der Waals surface area contributed by atoms with Crippen molar-refractivity contribution in [3.8, 4) is 28.6 Å². The monoisotopic (exact) mass is 620 g/mol. The molecule has 0 radical (unpaired) electrons. The van der Waals surface area contributed by atoms with Crippen LogP contribution in [0.4, 0.5) is 0 Å². The number of fused-ring (bicyclic) bond motifs is 1. The third-order valence-electron chi connectivity index (χ3n) is 7.37. The first kappa shape index (κ1) is 31.6. The van der Waals surface area contributed by atoms with Crippen LogP contribution >= 0.6 is 0 Å². The van der Waals surface area contributed by atoms with Crippen molar-refractivity contribution in [2.75, 3.05) is 6.61 Å². The highest BCUT2D eigenvalue weighted by Gasteiger charge is 2.51. The molecule has 2 aliphatic rings. The number of hydrogen-bond acceptors (Lipinski definition) is 15. The number of esters is 1. The van der Waals surface area contributed by atoms with Crippen LogP contribution in [0.2, 0.25) is 0 Å². The van der Waals surface area contributed by atoms with E-state index in [1.807, 2.05) is 0 Å². The van der Waals surface area contributed by atoms with E-state index in [1.54, 1.807) is 0 Å². The van der Waals surface area contributed by atoms with Crippen LogP contribution in [0.15, 0.2) is 51.7 Å². The number of phenols is 2. The lowest BCUT2D eigenvalue weighted by molar-refractivity contribution is -0.349. The van der Waals surface area contributed by atoms with E-state index >= 15 is 0 Å². The highest BCUT2D eigenvalue weighted by molar-refractivity contribution is 5.86. The number of benzene rings is 2. The average molecular weight is 621 g/mol. The SMILES string of the molecule is CC(=O)OC[C@@H]1O[C@H](Oc2cc(O)cc3oc(-c4ccc(O)cc4)cc(=O)c23)[C@@H](O)[C@H](O)[C@H]1O[C@@H]1O[C@@H](C)[C@H](O)[C@@H](O)[C@H]1O. The summed E-state index contributed by atoms with van der Waals surface area (Å²) >= 11 is 0. The van der Waals surface area contributed by atoms with Crippen molar-refractivity contribution < 1.29 is 68.6 Å². The predicted molar refractivity (Wildman–Crippen MR) is 146 cm³/mol. The molecule has 3 aromatic rings. The Labute approximate surface area is 249 Å². The van der Waals surface area contributed by atoms with E-state index in [-0.39, 0.29) is 34.0 Å². The summed E-state index contributed by atoms with van der Waals surface area (Å²) in [6, 6.07) is 9.27. The molecule has 0 unspecified atom stereocenters. The van der Waals surface area contributed by atoms with Gasteiger partial charge < -0.3 is 63.8 Å². The molecule has 0 saturated carbocycles. The number of aromatic hydroxyl groups is 2. The fraction of sp³-hybridized carbons (Fsp3) is 0.448. The van der Waals surface area contributed by atoms with E-state index in [4.69, 9.17) is 28.1 Å². The van der Waals surface area contributed by atoms with Gasteiger partial charge in [0.15, 0.2) is 11.7 Å². The van der Waals surface area contributed by atoms with Gasteiger partial charge in [-0.15, -0.1) is 0 Å². The molecular formula is C29H32O15. The van der Waals surface area contributed by atoms with Gasteiger partial charge in [0.2, 0.25) is 6.29 Å². The zero-order valence-electron chi connectivity index (χ0n) is 23.4. The van der Waals surface area contributed by atoms with Gasteiger partial charge in [-0.05, 0) is 31.2 Å². The second-order valence-corrected chi connectivity index (χ2v) is 10.6. The van der Waals surface area contributed by atoms with Crippen molar-refractivity contribution in [3.63, 3.8) is 0 Å². The molecule has 15 heteroatoms. The van der Waals surface area contributed by atoms with Gasteiger partial charge >= 0.3 is 5.97 Å². The van der Waals surface area contributed by atoms with Crippen LogP contribution in [0.25, 0.3) is 22.3 Å². The first-order valence-electron chi connectivity index (χ1n) is 13.6. The lowest BCUT2D eigenvalue weighted by Gasteiger charge is -2.45. The number of hydrogen-bond donors (Lipinski definition) is 7. The lowest BCUT2D eigenvalue weighted by atomic mass is 9.97. The second-order valence-electron chi connectivity index (χ2n) is 10.6. The van der Waals surface area contributed by atoms with Gasteiger partial charge in [0.25, 0.3) is 0 Å². The van der Waals surface area contributed by atoms with Crippen LogP contribution in [0.3, 0.4) is 0 Å². The quantitative estimate of drug-likeness (QED) is 0.165. The Balaban J connectivity index is 1.43. The van der Waals surface area contributed by atoms with Gasteiger partial charge in [-0.3, -0.25) is 9.59 Å². The molecule has 2 aromatic carbocycles. The van der Waals surface area contributed by atoms with Gasteiger partial charge in [-0.2, -0.15) is 0 Å². The molecule has 0 spiro atoms. The predicted octanol–water partition coefficient (Wildman–Crippen LogP) is -0.528. The van der Waals surface area contributed by atoms with Crippen LogP contribution in [-0.4, -0.2) is 110 Å². The molecule has 10 atom stereocenters. The Bertz CT molecular complexity index is 1540. The van der Waals surface area contributed by atoms with Crippen molar-refractivity contribution in [2.45, 2.75) is 75.3 Å². The van der Waals surface area contributed by atoms with Crippen LogP contribution in [0.5, 0.6) is 17.2 Å². The number of ether oxygens (including phenoxy) is 5. The first-order chi connectivity index (χ1) is 20.8. The maximum Gasteiger partial charge on any atom is 0.302 e. The molecule has 3 heterocycles. The fourth-order valence-corrected chi connectivity index (χ4v) is 5.01. The molecular weight excluding hydrogens is 588 g/mol. The third-order valence-corrected chi connectivity index (χ3v) is 7.37. The summed E-state index contributed by atoms with van der Waals surface area (Å²) in [4.78, 5) is 24.8. The zero-order chi connectivity index (χ0) is 31.9. The van der Waals surface area contributed by atoms with Crippen molar-refractivity contribution >= 4 is 16.9 Å². The van der Waals surface area contributed by atoms with Gasteiger partial charge in [0, 0.05) is 30.7 Å². The largest absolute Gasteiger partial charge is 0.508 e. The molecule has 15 nitrogen and oxygen atoms in total. The van der Waals surface area contributed by atoms with Gasteiger partial charge in [-0.1, -0.05) is 0 Å². The minimum Gasteiger partial charge on any atom is -0.508 e. The van der Waals surface area contributed by atoms with E-state index in [0.717, 1.165) is 13.0 Å². The Morgan fingerprint density at radius 3 is 2.20 bits per heavy atom. The van der Waals surface area contributed by atoms with Crippen LogP contribution in [-0.2, 0) is 23.7 Å². The minimum atomic E-state index is -1.87.